The molecule has 0 unspecified atom stereocenters. The van der Waals surface area contributed by atoms with Crippen LogP contribution in [0.1, 0.15) is 26.3 Å². The lowest BCUT2D eigenvalue weighted by Crippen LogP contribution is -2.13. The van der Waals surface area contributed by atoms with Crippen LogP contribution >= 0.6 is 0 Å². The fourth-order valence-electron chi connectivity index (χ4n) is 1.85. The van der Waals surface area contributed by atoms with Crippen molar-refractivity contribution in [3.05, 3.63) is 59.2 Å². The maximum absolute atomic E-state index is 12.2. The van der Waals surface area contributed by atoms with E-state index >= 15 is 0 Å². The average Bonchev–Trinajstić information content (AvgIpc) is 2.49. The molecule has 2 aromatic carbocycles. The molecule has 0 saturated heterocycles. The lowest BCUT2D eigenvalue weighted by Gasteiger charge is -2.10. The van der Waals surface area contributed by atoms with E-state index in [1.807, 2.05) is 0 Å². The number of carbonyl (C=O) groups is 2. The summed E-state index contributed by atoms with van der Waals surface area (Å²) in [5, 5.41) is 11.7. The number of aromatic carboxylic acids is 1. The van der Waals surface area contributed by atoms with Gasteiger partial charge in [-0.15, -0.1) is 0 Å². The van der Waals surface area contributed by atoms with E-state index in [0.717, 1.165) is 5.56 Å². The molecule has 5 nitrogen and oxygen atoms in total. The van der Waals surface area contributed by atoms with Crippen molar-refractivity contribution in [1.29, 1.82) is 0 Å². The van der Waals surface area contributed by atoms with Crippen molar-refractivity contribution < 1.29 is 19.4 Å². The van der Waals surface area contributed by atoms with Crippen LogP contribution in [0.25, 0.3) is 0 Å². The van der Waals surface area contributed by atoms with Gasteiger partial charge >= 0.3 is 5.97 Å². The Morgan fingerprint density at radius 2 is 1.86 bits per heavy atom. The molecule has 0 heterocycles. The molecule has 0 aliphatic heterocycles. The maximum atomic E-state index is 12.2. The molecule has 0 saturated carbocycles. The first-order valence-corrected chi connectivity index (χ1v) is 6.30. The van der Waals surface area contributed by atoms with E-state index in [2.05, 4.69) is 5.32 Å². The first kappa shape index (κ1) is 14.6. The molecule has 2 rings (SSSR count). The average molecular weight is 285 g/mol. The second kappa shape index (κ2) is 6.09. The van der Waals surface area contributed by atoms with Crippen LogP contribution in [0.3, 0.4) is 0 Å². The number of benzene rings is 2. The number of nitrogens with one attached hydrogen (secondary N) is 1. The largest absolute Gasteiger partial charge is 0.497 e. The van der Waals surface area contributed by atoms with E-state index in [1.165, 1.54) is 19.2 Å². The number of hydrogen-bond donors (Lipinski definition) is 2. The summed E-state index contributed by atoms with van der Waals surface area (Å²) < 4.78 is 5.07. The molecule has 0 spiro atoms. The molecule has 2 N–H and O–H groups in total. The van der Waals surface area contributed by atoms with E-state index in [-0.39, 0.29) is 11.5 Å². The first-order valence-electron chi connectivity index (χ1n) is 6.30. The molecule has 0 radical (unpaired) electrons. The molecule has 0 fully saturated rings. The van der Waals surface area contributed by atoms with Crippen molar-refractivity contribution in [2.45, 2.75) is 6.92 Å². The van der Waals surface area contributed by atoms with Crippen molar-refractivity contribution in [3.63, 3.8) is 0 Å². The topological polar surface area (TPSA) is 75.6 Å². The van der Waals surface area contributed by atoms with Crippen LogP contribution < -0.4 is 10.1 Å². The third-order valence-corrected chi connectivity index (χ3v) is 3.06. The molecular formula is C16H15NO4. The summed E-state index contributed by atoms with van der Waals surface area (Å²) in [5.41, 5.74) is 1.83. The molecule has 0 aliphatic carbocycles. The Balaban J connectivity index is 2.26. The van der Waals surface area contributed by atoms with Gasteiger partial charge in [-0.25, -0.2) is 4.79 Å². The Morgan fingerprint density at radius 1 is 1.10 bits per heavy atom. The Kier molecular flexibility index (Phi) is 4.23. The summed E-state index contributed by atoms with van der Waals surface area (Å²) >= 11 is 0. The van der Waals surface area contributed by atoms with Gasteiger partial charge in [0.05, 0.1) is 12.7 Å². The SMILES string of the molecule is COc1cccc(C(=O)Nc2cc(C(=O)O)ccc2C)c1. The number of carbonyl (C=O) groups excluding carboxylic acids is 1. The normalized spacial score (nSPS) is 10.0. The Hall–Kier alpha value is -2.82. The maximum Gasteiger partial charge on any atom is 0.335 e. The summed E-state index contributed by atoms with van der Waals surface area (Å²) in [6.07, 6.45) is 0. The number of carboxylic acids is 1. The van der Waals surface area contributed by atoms with E-state index in [9.17, 15) is 9.59 Å². The molecule has 108 valence electrons. The first-order chi connectivity index (χ1) is 10.0. The zero-order valence-corrected chi connectivity index (χ0v) is 11.7. The number of methoxy groups -OCH3 is 1. The summed E-state index contributed by atoms with van der Waals surface area (Å²) in [4.78, 5) is 23.2. The van der Waals surface area contributed by atoms with Gasteiger partial charge in [0, 0.05) is 11.3 Å². The zero-order valence-electron chi connectivity index (χ0n) is 11.7. The summed E-state index contributed by atoms with van der Waals surface area (Å²) in [6.45, 7) is 1.80. The highest BCUT2D eigenvalue weighted by atomic mass is 16.5. The second-order valence-corrected chi connectivity index (χ2v) is 4.52. The van der Waals surface area contributed by atoms with Gasteiger partial charge in [0.2, 0.25) is 0 Å². The van der Waals surface area contributed by atoms with Gasteiger partial charge in [0.15, 0.2) is 0 Å². The third-order valence-electron chi connectivity index (χ3n) is 3.06. The smallest absolute Gasteiger partial charge is 0.335 e. The van der Waals surface area contributed by atoms with Crippen LogP contribution in [0.2, 0.25) is 0 Å². The molecule has 0 aliphatic rings. The van der Waals surface area contributed by atoms with Crippen molar-refractivity contribution >= 4 is 17.6 Å². The summed E-state index contributed by atoms with van der Waals surface area (Å²) in [7, 11) is 1.53. The summed E-state index contributed by atoms with van der Waals surface area (Å²) in [6, 6.07) is 11.3. The molecular weight excluding hydrogens is 270 g/mol. The molecule has 21 heavy (non-hydrogen) atoms. The monoisotopic (exact) mass is 285 g/mol. The Labute approximate surface area is 122 Å². The van der Waals surface area contributed by atoms with Gasteiger partial charge in [-0.1, -0.05) is 12.1 Å². The number of amides is 1. The van der Waals surface area contributed by atoms with Gasteiger partial charge in [-0.3, -0.25) is 4.79 Å². The molecule has 1 amide bonds. The quantitative estimate of drug-likeness (QED) is 0.905. The van der Waals surface area contributed by atoms with E-state index in [0.29, 0.717) is 17.0 Å². The number of rotatable bonds is 4. The van der Waals surface area contributed by atoms with Crippen LogP contribution in [-0.2, 0) is 0 Å². The molecule has 0 atom stereocenters. The number of anilines is 1. The molecule has 5 heteroatoms. The lowest BCUT2D eigenvalue weighted by atomic mass is 10.1. The van der Waals surface area contributed by atoms with E-state index in [4.69, 9.17) is 9.84 Å². The predicted octanol–water partition coefficient (Wildman–Crippen LogP) is 2.95. The van der Waals surface area contributed by atoms with Gasteiger partial charge in [0.1, 0.15) is 5.75 Å². The number of carboxylic acid groups (broad SMARTS) is 1. The molecule has 0 bridgehead atoms. The van der Waals surface area contributed by atoms with Crippen LogP contribution in [0.15, 0.2) is 42.5 Å². The van der Waals surface area contributed by atoms with E-state index in [1.54, 1.807) is 37.3 Å². The summed E-state index contributed by atoms with van der Waals surface area (Å²) in [5.74, 6) is -0.773. The van der Waals surface area contributed by atoms with Gasteiger partial charge in [-0.2, -0.15) is 0 Å². The fraction of sp³-hybridized carbons (Fsp3) is 0.125. The van der Waals surface area contributed by atoms with Crippen molar-refractivity contribution in [1.82, 2.24) is 0 Å². The lowest BCUT2D eigenvalue weighted by molar-refractivity contribution is 0.0696. The molecule has 2 aromatic rings. The van der Waals surface area contributed by atoms with Crippen LogP contribution in [-0.4, -0.2) is 24.1 Å². The van der Waals surface area contributed by atoms with Gasteiger partial charge < -0.3 is 15.2 Å². The number of aryl methyl sites for hydroxylation is 1. The minimum absolute atomic E-state index is 0.126. The van der Waals surface area contributed by atoms with Crippen LogP contribution in [0.5, 0.6) is 5.75 Å². The van der Waals surface area contributed by atoms with Crippen molar-refractivity contribution in [3.8, 4) is 5.75 Å². The van der Waals surface area contributed by atoms with Gasteiger partial charge in [0.25, 0.3) is 5.91 Å². The number of hydrogen-bond acceptors (Lipinski definition) is 3. The minimum Gasteiger partial charge on any atom is -0.497 e. The highest BCUT2D eigenvalue weighted by molar-refractivity contribution is 6.05. The van der Waals surface area contributed by atoms with Crippen molar-refractivity contribution in [2.24, 2.45) is 0 Å². The van der Waals surface area contributed by atoms with Crippen LogP contribution in [0.4, 0.5) is 5.69 Å². The zero-order chi connectivity index (χ0) is 15.4. The second-order valence-electron chi connectivity index (χ2n) is 4.52. The highest BCUT2D eigenvalue weighted by Crippen LogP contribution is 2.19. The fourth-order valence-corrected chi connectivity index (χ4v) is 1.85. The van der Waals surface area contributed by atoms with Crippen molar-refractivity contribution in [2.75, 3.05) is 12.4 Å². The standard InChI is InChI=1S/C16H15NO4/c1-10-6-7-12(16(19)20)9-14(10)17-15(18)11-4-3-5-13(8-11)21-2/h3-9H,1-2H3,(H,17,18)(H,19,20). The Bertz CT molecular complexity index is 694. The minimum atomic E-state index is -1.04. The molecule has 0 aromatic heterocycles. The highest BCUT2D eigenvalue weighted by Gasteiger charge is 2.11. The third kappa shape index (κ3) is 3.39. The van der Waals surface area contributed by atoms with Gasteiger partial charge in [-0.05, 0) is 42.8 Å². The number of ether oxygens (including phenoxy) is 1. The van der Waals surface area contributed by atoms with E-state index < -0.39 is 5.97 Å². The predicted molar refractivity (Wildman–Crippen MR) is 79.1 cm³/mol. The van der Waals surface area contributed by atoms with Crippen LogP contribution in [0, 0.1) is 6.92 Å². The Morgan fingerprint density at radius 3 is 2.52 bits per heavy atom.